The number of nitrogens with one attached hydrogen (secondary N) is 2. The Morgan fingerprint density at radius 2 is 1.90 bits per heavy atom. The Hall–Kier alpha value is -5.05. The summed E-state index contributed by atoms with van der Waals surface area (Å²) in [6.07, 6.45) is 2.01. The smallest absolute Gasteiger partial charge is 0.263 e. The number of rotatable bonds is 7. The number of nitrogens with two attached hydrogens (primary N) is 1. The summed E-state index contributed by atoms with van der Waals surface area (Å²) < 4.78 is 15.7. The quantitative estimate of drug-likeness (QED) is 0.220. The number of halogens is 1. The summed E-state index contributed by atoms with van der Waals surface area (Å²) in [4.78, 5) is 22.2. The third-order valence-electron chi connectivity index (χ3n) is 6.68. The van der Waals surface area contributed by atoms with Crippen LogP contribution < -0.4 is 16.6 Å². The van der Waals surface area contributed by atoms with Gasteiger partial charge in [-0.15, -0.1) is 0 Å². The first-order valence-corrected chi connectivity index (χ1v) is 12.4. The topological polar surface area (TPSA) is 130 Å². The number of hydrogen-bond acceptors (Lipinski definition) is 7. The van der Waals surface area contributed by atoms with Crippen LogP contribution in [0.5, 0.6) is 5.75 Å². The minimum atomic E-state index is -0.690. The van der Waals surface area contributed by atoms with E-state index >= 15 is 0 Å². The van der Waals surface area contributed by atoms with Crippen LogP contribution in [0.15, 0.2) is 77.9 Å². The van der Waals surface area contributed by atoms with Crippen LogP contribution in [0.4, 0.5) is 16.0 Å². The highest BCUT2D eigenvalue weighted by Gasteiger charge is 2.19. The normalized spacial score (nSPS) is 11.1. The summed E-state index contributed by atoms with van der Waals surface area (Å²) in [5.41, 5.74) is 9.49. The molecule has 0 bridgehead atoms. The molecule has 5 N–H and O–H groups in total. The summed E-state index contributed by atoms with van der Waals surface area (Å²) in [5.74, 6) is -0.748. The molecular weight excluding hydrogens is 495 g/mol. The van der Waals surface area contributed by atoms with Gasteiger partial charge in [0.1, 0.15) is 29.5 Å². The number of aromatic hydroxyl groups is 1. The number of phenols is 1. The Morgan fingerprint density at radius 1 is 1.10 bits per heavy atom. The SMILES string of the molecule is CCc1ccccc1-n1c(CNc2ncnc(N)c2C(=N)c2cc(O)cc(F)c2)cc2cccc(C)c2c1=O. The highest BCUT2D eigenvalue weighted by atomic mass is 19.1. The van der Waals surface area contributed by atoms with E-state index in [1.807, 2.05) is 62.4 Å². The van der Waals surface area contributed by atoms with E-state index in [1.54, 1.807) is 4.57 Å². The van der Waals surface area contributed by atoms with Crippen molar-refractivity contribution in [2.75, 3.05) is 11.1 Å². The lowest BCUT2D eigenvalue weighted by Crippen LogP contribution is -2.25. The zero-order valence-electron chi connectivity index (χ0n) is 21.5. The van der Waals surface area contributed by atoms with Crippen molar-refractivity contribution in [3.63, 3.8) is 0 Å². The van der Waals surface area contributed by atoms with E-state index in [-0.39, 0.29) is 46.3 Å². The number of nitrogens with zero attached hydrogens (tertiary/aromatic N) is 3. The molecule has 9 heteroatoms. The maximum Gasteiger partial charge on any atom is 0.263 e. The van der Waals surface area contributed by atoms with Crippen LogP contribution in [0.1, 0.15) is 34.9 Å². The second-order valence-corrected chi connectivity index (χ2v) is 9.21. The molecule has 0 radical (unpaired) electrons. The van der Waals surface area contributed by atoms with Gasteiger partial charge >= 0.3 is 0 Å². The number of para-hydroxylation sites is 1. The van der Waals surface area contributed by atoms with Crippen molar-refractivity contribution in [2.24, 2.45) is 0 Å². The van der Waals surface area contributed by atoms with Gasteiger partial charge in [-0.3, -0.25) is 14.8 Å². The number of hydrogen-bond donors (Lipinski definition) is 4. The molecule has 2 aromatic heterocycles. The van der Waals surface area contributed by atoms with E-state index in [4.69, 9.17) is 11.1 Å². The van der Waals surface area contributed by atoms with Gasteiger partial charge in [-0.1, -0.05) is 43.3 Å². The minimum absolute atomic E-state index is 0.0177. The molecule has 39 heavy (non-hydrogen) atoms. The molecule has 0 saturated heterocycles. The van der Waals surface area contributed by atoms with Crippen molar-refractivity contribution in [1.29, 1.82) is 5.41 Å². The predicted molar refractivity (Wildman–Crippen MR) is 151 cm³/mol. The molecule has 5 aromatic rings. The minimum Gasteiger partial charge on any atom is -0.508 e. The first-order valence-electron chi connectivity index (χ1n) is 12.4. The molecule has 0 unspecified atom stereocenters. The van der Waals surface area contributed by atoms with Crippen molar-refractivity contribution >= 4 is 28.1 Å². The van der Waals surface area contributed by atoms with Crippen LogP contribution in [0, 0.1) is 18.2 Å². The monoisotopic (exact) mass is 522 g/mol. The second kappa shape index (κ2) is 10.4. The Kier molecular flexibility index (Phi) is 6.81. The molecule has 0 fully saturated rings. The number of aryl methyl sites for hydroxylation is 2. The average molecular weight is 523 g/mol. The van der Waals surface area contributed by atoms with Crippen LogP contribution in [0.2, 0.25) is 0 Å². The van der Waals surface area contributed by atoms with Crippen LogP contribution >= 0.6 is 0 Å². The van der Waals surface area contributed by atoms with Gasteiger partial charge in [-0.05, 0) is 54.1 Å². The van der Waals surface area contributed by atoms with Crippen molar-refractivity contribution in [3.05, 3.63) is 117 Å². The first kappa shape index (κ1) is 25.6. The molecule has 2 heterocycles. The zero-order chi connectivity index (χ0) is 27.7. The van der Waals surface area contributed by atoms with Gasteiger partial charge in [-0.2, -0.15) is 0 Å². The highest BCUT2D eigenvalue weighted by molar-refractivity contribution is 6.16. The molecule has 0 atom stereocenters. The number of fused-ring (bicyclic) bond motifs is 1. The van der Waals surface area contributed by atoms with Gasteiger partial charge in [0.05, 0.1) is 28.9 Å². The third-order valence-corrected chi connectivity index (χ3v) is 6.68. The molecule has 0 aliphatic carbocycles. The van der Waals surface area contributed by atoms with Gasteiger partial charge in [0.2, 0.25) is 0 Å². The zero-order valence-corrected chi connectivity index (χ0v) is 21.5. The Bertz CT molecular complexity index is 1780. The van der Waals surface area contributed by atoms with Crippen LogP contribution in [0.25, 0.3) is 16.5 Å². The molecular formula is C30H27FN6O2. The summed E-state index contributed by atoms with van der Waals surface area (Å²) in [6.45, 7) is 4.13. The molecule has 0 spiro atoms. The lowest BCUT2D eigenvalue weighted by atomic mass is 10.0. The molecule has 0 aliphatic rings. The molecule has 5 rings (SSSR count). The van der Waals surface area contributed by atoms with Crippen molar-refractivity contribution in [2.45, 2.75) is 26.8 Å². The molecule has 0 amide bonds. The molecule has 8 nitrogen and oxygen atoms in total. The molecule has 0 aliphatic heterocycles. The van der Waals surface area contributed by atoms with Gasteiger partial charge < -0.3 is 16.2 Å². The van der Waals surface area contributed by atoms with Gasteiger partial charge in [0, 0.05) is 17.3 Å². The predicted octanol–water partition coefficient (Wildman–Crippen LogP) is 5.11. The maximum atomic E-state index is 14.0. The fourth-order valence-corrected chi connectivity index (χ4v) is 4.83. The third kappa shape index (κ3) is 4.82. The number of aromatic nitrogens is 3. The average Bonchev–Trinajstić information content (AvgIpc) is 2.91. The van der Waals surface area contributed by atoms with E-state index in [1.165, 1.54) is 12.4 Å². The number of benzene rings is 3. The van der Waals surface area contributed by atoms with Crippen molar-refractivity contribution in [1.82, 2.24) is 14.5 Å². The Balaban J connectivity index is 1.62. The van der Waals surface area contributed by atoms with Crippen LogP contribution in [-0.4, -0.2) is 25.4 Å². The molecule has 3 aromatic carbocycles. The lowest BCUT2D eigenvalue weighted by molar-refractivity contribution is 0.469. The maximum absolute atomic E-state index is 14.0. The summed E-state index contributed by atoms with van der Waals surface area (Å²) in [7, 11) is 0. The number of nitrogen functional groups attached to an aromatic ring is 1. The summed E-state index contributed by atoms with van der Waals surface area (Å²) in [6, 6.07) is 18.8. The van der Waals surface area contributed by atoms with E-state index in [0.29, 0.717) is 11.1 Å². The fourth-order valence-electron chi connectivity index (χ4n) is 4.83. The van der Waals surface area contributed by atoms with Gasteiger partial charge in [-0.25, -0.2) is 14.4 Å². The highest BCUT2D eigenvalue weighted by Crippen LogP contribution is 2.26. The van der Waals surface area contributed by atoms with Gasteiger partial charge in [0.15, 0.2) is 0 Å². The summed E-state index contributed by atoms with van der Waals surface area (Å²) >= 11 is 0. The number of anilines is 2. The van der Waals surface area contributed by atoms with Crippen LogP contribution in [0.3, 0.4) is 0 Å². The van der Waals surface area contributed by atoms with Crippen LogP contribution in [-0.2, 0) is 13.0 Å². The van der Waals surface area contributed by atoms with Crippen molar-refractivity contribution in [3.8, 4) is 11.4 Å². The van der Waals surface area contributed by atoms with E-state index in [2.05, 4.69) is 15.3 Å². The fraction of sp³-hybridized carbons (Fsp3) is 0.133. The first-order chi connectivity index (χ1) is 18.8. The Morgan fingerprint density at radius 3 is 2.67 bits per heavy atom. The molecule has 0 saturated carbocycles. The largest absolute Gasteiger partial charge is 0.508 e. The number of phenolic OH excluding ortho intramolecular Hbond substituents is 1. The Labute approximate surface area is 224 Å². The summed E-state index contributed by atoms with van der Waals surface area (Å²) in [5, 5.41) is 23.2. The number of pyridine rings is 1. The van der Waals surface area contributed by atoms with E-state index in [9.17, 15) is 14.3 Å². The molecule has 196 valence electrons. The van der Waals surface area contributed by atoms with Crippen molar-refractivity contribution < 1.29 is 9.50 Å². The van der Waals surface area contributed by atoms with E-state index in [0.717, 1.165) is 40.8 Å². The van der Waals surface area contributed by atoms with Gasteiger partial charge in [0.25, 0.3) is 5.56 Å². The lowest BCUT2D eigenvalue weighted by Gasteiger charge is -2.19. The van der Waals surface area contributed by atoms with E-state index < -0.39 is 5.82 Å². The second-order valence-electron chi connectivity index (χ2n) is 9.21. The standard InChI is InChI=1S/C30H27FN6O2/c1-3-18-8-4-5-10-24(18)37-22(12-19-9-6-7-17(2)25(19)30(37)39)15-34-29-26(28(33)35-16-36-29)27(32)20-11-21(31)14-23(38)13-20/h4-14,16,32,38H,3,15H2,1-2H3,(H3,33,34,35,36).